The van der Waals surface area contributed by atoms with Crippen LogP contribution >= 0.6 is 0 Å². The van der Waals surface area contributed by atoms with Gasteiger partial charge in [0.05, 0.1) is 25.3 Å². The third-order valence-electron chi connectivity index (χ3n) is 7.12. The zero-order valence-corrected chi connectivity index (χ0v) is 21.6. The van der Waals surface area contributed by atoms with Gasteiger partial charge in [-0.25, -0.2) is 30.2 Å². The summed E-state index contributed by atoms with van der Waals surface area (Å²) >= 11 is 0. The summed E-state index contributed by atoms with van der Waals surface area (Å²) in [5, 5.41) is 22.3. The molecule has 0 unspecified atom stereocenters. The molecule has 0 aliphatic rings. The Kier molecular flexibility index (Phi) is 5.48. The number of oxazole rings is 2. The van der Waals surface area contributed by atoms with Gasteiger partial charge in [0, 0.05) is 10.9 Å². The molecule has 7 rings (SSSR count). The van der Waals surface area contributed by atoms with E-state index in [9.17, 15) is 10.5 Å². The third-order valence-corrected chi connectivity index (χ3v) is 7.12. The van der Waals surface area contributed by atoms with E-state index in [-0.39, 0.29) is 22.5 Å². The van der Waals surface area contributed by atoms with Crippen LogP contribution in [0.5, 0.6) is 0 Å². The smallest absolute Gasteiger partial charge is 0.322 e. The molecule has 0 radical (unpaired) electrons. The molecule has 0 atom stereocenters. The molecule has 42 heavy (non-hydrogen) atoms. The van der Waals surface area contributed by atoms with E-state index in [2.05, 4.69) is 19.7 Å². The summed E-state index contributed by atoms with van der Waals surface area (Å²) in [6, 6.07) is 31.0. The number of hydrogen-bond acceptors (Lipinski definition) is 6. The van der Waals surface area contributed by atoms with Crippen LogP contribution in [0.2, 0.25) is 0 Å². The molecule has 0 bridgehead atoms. The largest absolute Gasteiger partial charge is 0.446 e. The zero-order chi connectivity index (χ0) is 28.8. The van der Waals surface area contributed by atoms with Gasteiger partial charge in [0.15, 0.2) is 11.2 Å². The number of benzene rings is 5. The van der Waals surface area contributed by atoms with Gasteiger partial charge in [0.25, 0.3) is 0 Å². The molecule has 2 aromatic heterocycles. The van der Waals surface area contributed by atoms with Crippen molar-refractivity contribution >= 4 is 55.1 Å². The Morgan fingerprint density at radius 2 is 1.19 bits per heavy atom. The normalized spacial score (nSPS) is 12.5. The molecule has 192 valence electrons. The molecule has 0 amide bonds. The maximum Gasteiger partial charge on any atom is 0.322 e. The molecule has 5 aromatic carbocycles. The number of hydrogen-bond donors (Lipinski definition) is 0. The van der Waals surface area contributed by atoms with E-state index in [0.717, 1.165) is 43.8 Å². The first-order chi connectivity index (χ1) is 20.6. The first-order valence-corrected chi connectivity index (χ1v) is 12.7. The minimum atomic E-state index is -0.244. The van der Waals surface area contributed by atoms with Crippen LogP contribution in [0.4, 0.5) is 0 Å². The van der Waals surface area contributed by atoms with E-state index in [1.807, 2.05) is 97.1 Å². The maximum absolute atomic E-state index is 9.52. The van der Waals surface area contributed by atoms with Gasteiger partial charge in [-0.1, -0.05) is 72.8 Å². The highest BCUT2D eigenvalue weighted by atomic mass is 16.3. The summed E-state index contributed by atoms with van der Waals surface area (Å²) in [6.07, 6.45) is 0. The first kappa shape index (κ1) is 24.3. The topological polar surface area (TPSA) is 108 Å². The second-order valence-corrected chi connectivity index (χ2v) is 9.37. The molecular formula is C34H14N6O2. The lowest BCUT2D eigenvalue weighted by molar-refractivity contribution is 0.559. The summed E-state index contributed by atoms with van der Waals surface area (Å²) in [4.78, 5) is 15.8. The number of aromatic nitrogens is 2. The molecule has 0 fully saturated rings. The predicted octanol–water partition coefficient (Wildman–Crippen LogP) is 6.71. The molecule has 0 spiro atoms. The Bertz CT molecular complexity index is 2520. The molecule has 0 aliphatic heterocycles. The lowest BCUT2D eigenvalue weighted by Gasteiger charge is -2.13. The van der Waals surface area contributed by atoms with Crippen molar-refractivity contribution in [1.82, 2.24) is 9.97 Å². The second-order valence-electron chi connectivity index (χ2n) is 9.37. The Hall–Kier alpha value is -6.74. The lowest BCUT2D eigenvalue weighted by Crippen LogP contribution is -2.02. The van der Waals surface area contributed by atoms with Crippen LogP contribution < -0.4 is 11.1 Å². The summed E-state index contributed by atoms with van der Waals surface area (Å²) in [7, 11) is 0. The van der Waals surface area contributed by atoms with Crippen LogP contribution in [-0.4, -0.2) is 9.97 Å². The average molecular weight is 539 g/mol. The van der Waals surface area contributed by atoms with Gasteiger partial charge in [0.2, 0.25) is 11.1 Å². The Morgan fingerprint density at radius 1 is 0.643 bits per heavy atom. The monoisotopic (exact) mass is 538 g/mol. The van der Waals surface area contributed by atoms with Crippen LogP contribution in [0, 0.1) is 35.8 Å². The lowest BCUT2D eigenvalue weighted by atomic mass is 9.90. The van der Waals surface area contributed by atoms with Gasteiger partial charge in [-0.3, -0.25) is 0 Å². The molecule has 8 nitrogen and oxygen atoms in total. The van der Waals surface area contributed by atoms with Crippen LogP contribution in [-0.2, 0) is 0 Å². The fraction of sp³-hybridized carbons (Fsp3) is 0. The summed E-state index contributed by atoms with van der Waals surface area (Å²) in [5.41, 5.74) is 4.72. The average Bonchev–Trinajstić information content (AvgIpc) is 3.65. The molecule has 7 aromatic rings. The number of fused-ring (bicyclic) bond motifs is 6. The highest BCUT2D eigenvalue weighted by Gasteiger charge is 2.21. The molecule has 2 heterocycles. The predicted molar refractivity (Wildman–Crippen MR) is 158 cm³/mol. The van der Waals surface area contributed by atoms with Crippen LogP contribution in [0.15, 0.2) is 93.8 Å². The summed E-state index contributed by atoms with van der Waals surface area (Å²) in [5.74, 6) is 0. The standard InChI is InChI=1S/C34H14N6O2/c1-37-25(17-35)33-39-31-28(42-33)16-24-22(29(31)20-11-7-4-8-12-20)14-13-21-23(19-9-5-3-6-10-19)15-27-32(30(21)24)40-34(41-27)26(18-36)38-2/h3-16H/b33-25+,34-26+. The first-order valence-electron chi connectivity index (χ1n) is 12.7. The molecule has 0 saturated carbocycles. The van der Waals surface area contributed by atoms with Crippen molar-refractivity contribution < 1.29 is 8.83 Å². The van der Waals surface area contributed by atoms with Crippen molar-refractivity contribution in [2.24, 2.45) is 0 Å². The molecule has 0 saturated heterocycles. The fourth-order valence-electron chi connectivity index (χ4n) is 5.35. The van der Waals surface area contributed by atoms with Gasteiger partial charge in [-0.05, 0) is 45.0 Å². The van der Waals surface area contributed by atoms with Crippen molar-refractivity contribution in [3.8, 4) is 34.4 Å². The van der Waals surface area contributed by atoms with Crippen molar-refractivity contribution in [2.45, 2.75) is 0 Å². The number of nitriles is 2. The van der Waals surface area contributed by atoms with Gasteiger partial charge >= 0.3 is 11.4 Å². The van der Waals surface area contributed by atoms with Crippen molar-refractivity contribution in [3.63, 3.8) is 0 Å². The van der Waals surface area contributed by atoms with E-state index < -0.39 is 0 Å². The van der Waals surface area contributed by atoms with Gasteiger partial charge in [-0.15, -0.1) is 0 Å². The molecule has 0 aliphatic carbocycles. The number of rotatable bonds is 2. The van der Waals surface area contributed by atoms with Crippen molar-refractivity contribution in [1.29, 1.82) is 10.5 Å². The van der Waals surface area contributed by atoms with E-state index in [1.165, 1.54) is 0 Å². The summed E-state index contributed by atoms with van der Waals surface area (Å²) in [6.45, 7) is 14.8. The Morgan fingerprint density at radius 3 is 1.79 bits per heavy atom. The molecular weight excluding hydrogens is 524 g/mol. The number of nitrogens with zero attached hydrogens (tertiary/aromatic N) is 6. The van der Waals surface area contributed by atoms with Gasteiger partial charge in [0.1, 0.15) is 11.0 Å². The van der Waals surface area contributed by atoms with E-state index in [4.69, 9.17) is 22.0 Å². The quantitative estimate of drug-likeness (QED) is 0.179. The van der Waals surface area contributed by atoms with E-state index in [1.54, 1.807) is 0 Å². The van der Waals surface area contributed by atoms with Crippen LogP contribution in [0.3, 0.4) is 0 Å². The Labute approximate surface area is 237 Å². The second kappa shape index (κ2) is 9.47. The maximum atomic E-state index is 9.52. The minimum absolute atomic E-state index is 0.0524. The fourth-order valence-corrected chi connectivity index (χ4v) is 5.35. The molecule has 0 N–H and O–H groups in total. The SMILES string of the molecule is [C-]#[N+]/C(C#N)=c1\nc2c(-c3ccccc3)c3ccc4c(-c5ccccc5)cc5o/c(=C(\C#N)[N+]#[C-])nc5c4c3cc2o1. The summed E-state index contributed by atoms with van der Waals surface area (Å²) < 4.78 is 12.0. The highest BCUT2D eigenvalue weighted by Crippen LogP contribution is 2.43. The Balaban J connectivity index is 1.76. The zero-order valence-electron chi connectivity index (χ0n) is 21.6. The third kappa shape index (κ3) is 3.59. The van der Waals surface area contributed by atoms with Gasteiger partial charge in [-0.2, -0.15) is 0 Å². The van der Waals surface area contributed by atoms with Gasteiger partial charge < -0.3 is 8.83 Å². The minimum Gasteiger partial charge on any atom is -0.446 e. The van der Waals surface area contributed by atoms with E-state index >= 15 is 0 Å². The molecule has 8 heteroatoms. The van der Waals surface area contributed by atoms with Crippen LogP contribution in [0.25, 0.3) is 87.1 Å². The van der Waals surface area contributed by atoms with Crippen molar-refractivity contribution in [2.75, 3.05) is 0 Å². The van der Waals surface area contributed by atoms with Crippen molar-refractivity contribution in [3.05, 3.63) is 119 Å². The highest BCUT2D eigenvalue weighted by molar-refractivity contribution is 6.26. The van der Waals surface area contributed by atoms with Crippen LogP contribution in [0.1, 0.15) is 0 Å². The van der Waals surface area contributed by atoms with E-state index in [0.29, 0.717) is 22.2 Å².